The van der Waals surface area contributed by atoms with Crippen LogP contribution < -0.4 is 9.47 Å². The lowest BCUT2D eigenvalue weighted by Crippen LogP contribution is -2.50. The van der Waals surface area contributed by atoms with Crippen molar-refractivity contribution in [3.05, 3.63) is 69.7 Å². The van der Waals surface area contributed by atoms with E-state index in [0.29, 0.717) is 26.2 Å². The molecule has 5 rings (SSSR count). The fourth-order valence-electron chi connectivity index (χ4n) is 4.33. The van der Waals surface area contributed by atoms with E-state index in [0.717, 1.165) is 39.0 Å². The number of fused-ring (bicyclic) bond motifs is 1. The summed E-state index contributed by atoms with van der Waals surface area (Å²) < 4.78 is 13.1. The molecule has 4 heterocycles. The van der Waals surface area contributed by atoms with Crippen molar-refractivity contribution < 1.29 is 19.1 Å². The molecule has 0 radical (unpaired) electrons. The number of carbonyl (C=O) groups is 2. The number of benzene rings is 1. The lowest BCUT2D eigenvalue weighted by atomic mass is 10.2. The first-order valence-electron chi connectivity index (χ1n) is 10.9. The number of aryl methyl sites for hydroxylation is 1. The first kappa shape index (κ1) is 21.3. The molecule has 0 saturated carbocycles. The van der Waals surface area contributed by atoms with Crippen LogP contribution in [0.2, 0.25) is 0 Å². The summed E-state index contributed by atoms with van der Waals surface area (Å²) in [6.45, 7) is 6.50. The molecule has 1 fully saturated rings. The Hall–Kier alpha value is -3.52. The number of rotatable bonds is 4. The third-order valence-electron chi connectivity index (χ3n) is 6.10. The van der Waals surface area contributed by atoms with E-state index < -0.39 is 0 Å². The number of hydrogen-bond acceptors (Lipinski definition) is 5. The number of nitrogens with zero attached hydrogens (tertiary/aromatic N) is 3. The van der Waals surface area contributed by atoms with Gasteiger partial charge in [-0.05, 0) is 55.1 Å². The van der Waals surface area contributed by atoms with Gasteiger partial charge in [0.05, 0.1) is 4.88 Å². The largest absolute Gasteiger partial charge is 0.454 e. The second-order valence-corrected chi connectivity index (χ2v) is 9.08. The van der Waals surface area contributed by atoms with Gasteiger partial charge in [-0.1, -0.05) is 6.07 Å². The molecule has 0 spiro atoms. The molecule has 170 valence electrons. The normalized spacial score (nSPS) is 15.5. The van der Waals surface area contributed by atoms with E-state index in [1.54, 1.807) is 11.0 Å². The molecule has 7 nitrogen and oxygen atoms in total. The molecule has 1 saturated heterocycles. The van der Waals surface area contributed by atoms with Gasteiger partial charge in [0, 0.05) is 55.4 Å². The van der Waals surface area contributed by atoms with E-state index in [-0.39, 0.29) is 18.6 Å². The van der Waals surface area contributed by atoms with Crippen LogP contribution in [0.4, 0.5) is 0 Å². The van der Waals surface area contributed by atoms with Crippen molar-refractivity contribution in [1.29, 1.82) is 0 Å². The Kier molecular flexibility index (Phi) is 5.68. The summed E-state index contributed by atoms with van der Waals surface area (Å²) in [5, 5.41) is 1.90. The Morgan fingerprint density at radius 2 is 1.73 bits per heavy atom. The van der Waals surface area contributed by atoms with Gasteiger partial charge in [-0.25, -0.2) is 0 Å². The van der Waals surface area contributed by atoms with Crippen molar-refractivity contribution in [2.45, 2.75) is 13.8 Å². The summed E-state index contributed by atoms with van der Waals surface area (Å²) in [6, 6.07) is 11.7. The van der Waals surface area contributed by atoms with Gasteiger partial charge in [0.1, 0.15) is 0 Å². The number of aromatic nitrogens is 1. The quantitative estimate of drug-likeness (QED) is 0.551. The number of hydrogen-bond donors (Lipinski definition) is 0. The molecule has 3 aromatic rings. The van der Waals surface area contributed by atoms with Crippen LogP contribution in [0, 0.1) is 13.8 Å². The van der Waals surface area contributed by atoms with E-state index >= 15 is 0 Å². The molecule has 1 aromatic carbocycles. The minimum Gasteiger partial charge on any atom is -0.454 e. The molecule has 2 amide bonds. The SMILES string of the molecule is Cc1cc(C=CC(=O)N2CCN(C(=O)c3cccs3)CC2)c(C)n1-c1ccc2c(c1)OCO2. The van der Waals surface area contributed by atoms with E-state index in [9.17, 15) is 9.59 Å². The molecule has 0 aliphatic carbocycles. The maximum atomic E-state index is 12.8. The predicted molar refractivity (Wildman–Crippen MR) is 127 cm³/mol. The Morgan fingerprint density at radius 1 is 0.970 bits per heavy atom. The first-order chi connectivity index (χ1) is 16.0. The lowest BCUT2D eigenvalue weighted by Gasteiger charge is -2.34. The third kappa shape index (κ3) is 4.14. The average Bonchev–Trinajstić information content (AvgIpc) is 3.57. The fraction of sp³-hybridized carbons (Fsp3) is 0.280. The van der Waals surface area contributed by atoms with Gasteiger partial charge < -0.3 is 23.8 Å². The van der Waals surface area contributed by atoms with Crippen LogP contribution in [0.15, 0.2) is 47.9 Å². The van der Waals surface area contributed by atoms with Gasteiger partial charge in [-0.3, -0.25) is 9.59 Å². The molecule has 0 atom stereocenters. The van der Waals surface area contributed by atoms with Gasteiger partial charge in [-0.15, -0.1) is 11.3 Å². The van der Waals surface area contributed by atoms with Crippen molar-refractivity contribution in [3.8, 4) is 17.2 Å². The maximum Gasteiger partial charge on any atom is 0.264 e. The van der Waals surface area contributed by atoms with E-state index in [1.165, 1.54) is 11.3 Å². The molecule has 0 bridgehead atoms. The highest BCUT2D eigenvalue weighted by Gasteiger charge is 2.24. The Labute approximate surface area is 196 Å². The number of thiophene rings is 1. The molecule has 33 heavy (non-hydrogen) atoms. The highest BCUT2D eigenvalue weighted by molar-refractivity contribution is 7.12. The predicted octanol–water partition coefficient (Wildman–Crippen LogP) is 3.88. The number of amides is 2. The number of ether oxygens (including phenoxy) is 2. The van der Waals surface area contributed by atoms with Gasteiger partial charge in [0.2, 0.25) is 12.7 Å². The van der Waals surface area contributed by atoms with Gasteiger partial charge in [-0.2, -0.15) is 0 Å². The van der Waals surface area contributed by atoms with E-state index in [2.05, 4.69) is 10.6 Å². The second kappa shape index (κ2) is 8.78. The highest BCUT2D eigenvalue weighted by Crippen LogP contribution is 2.35. The summed E-state index contributed by atoms with van der Waals surface area (Å²) in [4.78, 5) is 29.6. The molecule has 2 aliphatic heterocycles. The van der Waals surface area contributed by atoms with Gasteiger partial charge in [0.15, 0.2) is 11.5 Å². The summed E-state index contributed by atoms with van der Waals surface area (Å²) in [5.41, 5.74) is 4.10. The van der Waals surface area contributed by atoms with Gasteiger partial charge >= 0.3 is 0 Å². The monoisotopic (exact) mass is 463 g/mol. The number of piperazine rings is 1. The van der Waals surface area contributed by atoms with Crippen molar-refractivity contribution in [1.82, 2.24) is 14.4 Å². The van der Waals surface area contributed by atoms with Crippen LogP contribution in [0.1, 0.15) is 26.6 Å². The zero-order chi connectivity index (χ0) is 22.9. The molecular formula is C25H25N3O4S. The lowest BCUT2D eigenvalue weighted by molar-refractivity contribution is -0.127. The zero-order valence-electron chi connectivity index (χ0n) is 18.6. The second-order valence-electron chi connectivity index (χ2n) is 8.13. The Bertz CT molecular complexity index is 1220. The first-order valence-corrected chi connectivity index (χ1v) is 11.8. The van der Waals surface area contributed by atoms with E-state index in [1.807, 2.05) is 60.5 Å². The summed E-state index contributed by atoms with van der Waals surface area (Å²) in [7, 11) is 0. The van der Waals surface area contributed by atoms with Crippen molar-refractivity contribution in [2.24, 2.45) is 0 Å². The van der Waals surface area contributed by atoms with E-state index in [4.69, 9.17) is 9.47 Å². The summed E-state index contributed by atoms with van der Waals surface area (Å²) >= 11 is 1.45. The third-order valence-corrected chi connectivity index (χ3v) is 6.96. The van der Waals surface area contributed by atoms with Crippen LogP contribution in [-0.2, 0) is 4.79 Å². The summed E-state index contributed by atoms with van der Waals surface area (Å²) in [5.74, 6) is 1.50. The topological polar surface area (TPSA) is 64.0 Å². The minimum absolute atomic E-state index is 0.0360. The molecule has 0 unspecified atom stereocenters. The van der Waals surface area contributed by atoms with Crippen molar-refractivity contribution in [3.63, 3.8) is 0 Å². The van der Waals surface area contributed by atoms with Crippen molar-refractivity contribution >= 4 is 29.2 Å². The molecule has 2 aromatic heterocycles. The van der Waals surface area contributed by atoms with Crippen LogP contribution in [-0.4, -0.2) is 59.2 Å². The molecule has 0 N–H and O–H groups in total. The zero-order valence-corrected chi connectivity index (χ0v) is 19.4. The van der Waals surface area contributed by atoms with Crippen LogP contribution in [0.5, 0.6) is 11.5 Å². The minimum atomic E-state index is -0.0360. The summed E-state index contributed by atoms with van der Waals surface area (Å²) in [6.07, 6.45) is 3.50. The van der Waals surface area contributed by atoms with Crippen LogP contribution in [0.25, 0.3) is 11.8 Å². The molecular weight excluding hydrogens is 438 g/mol. The average molecular weight is 464 g/mol. The maximum absolute atomic E-state index is 12.8. The molecule has 2 aliphatic rings. The van der Waals surface area contributed by atoms with Gasteiger partial charge in [0.25, 0.3) is 5.91 Å². The van der Waals surface area contributed by atoms with Crippen molar-refractivity contribution in [2.75, 3.05) is 33.0 Å². The number of carbonyl (C=O) groups excluding carboxylic acids is 2. The standard InChI is InChI=1S/C25H25N3O4S/c1-17-14-19(18(2)28(17)20-6-7-21-22(15-20)32-16-31-21)5-8-24(29)26-9-11-27(12-10-26)25(30)23-4-3-13-33-23/h3-8,13-15H,9-12,16H2,1-2H3. The highest BCUT2D eigenvalue weighted by atomic mass is 32.1. The fourth-order valence-corrected chi connectivity index (χ4v) is 5.02. The Morgan fingerprint density at radius 3 is 2.48 bits per heavy atom. The van der Waals surface area contributed by atoms with Crippen LogP contribution in [0.3, 0.4) is 0 Å². The molecule has 8 heteroatoms. The van der Waals surface area contributed by atoms with Crippen LogP contribution >= 0.6 is 11.3 Å². The Balaban J connectivity index is 1.25. The smallest absolute Gasteiger partial charge is 0.264 e.